The van der Waals surface area contributed by atoms with Crippen molar-refractivity contribution in [1.29, 1.82) is 0 Å². The predicted octanol–water partition coefficient (Wildman–Crippen LogP) is 1.94. The molecule has 0 aliphatic carbocycles. The van der Waals surface area contributed by atoms with Gasteiger partial charge in [-0.1, -0.05) is 0 Å². The predicted molar refractivity (Wildman–Crippen MR) is 87.2 cm³/mol. The minimum Gasteiger partial charge on any atom is -0.482 e. The molecule has 0 radical (unpaired) electrons. The molecular formula is C15H13N3O5S. The lowest BCUT2D eigenvalue weighted by Crippen LogP contribution is -2.25. The molecule has 9 heteroatoms. The number of aliphatic carboxylic acids is 1. The van der Waals surface area contributed by atoms with Crippen molar-refractivity contribution >= 4 is 39.9 Å². The molecule has 1 aliphatic rings. The van der Waals surface area contributed by atoms with Crippen molar-refractivity contribution in [2.45, 2.75) is 12.8 Å². The second-order valence-electron chi connectivity index (χ2n) is 5.03. The van der Waals surface area contributed by atoms with Crippen LogP contribution >= 0.6 is 11.3 Å². The fraction of sp³-hybridized carbons (Fsp3) is 0.200. The largest absolute Gasteiger partial charge is 0.482 e. The number of ether oxygens (including phenoxy) is 1. The molecule has 1 aromatic heterocycles. The van der Waals surface area contributed by atoms with Crippen LogP contribution in [0.4, 0.5) is 10.8 Å². The first-order valence-corrected chi connectivity index (χ1v) is 7.93. The Bertz CT molecular complexity index is 817. The van der Waals surface area contributed by atoms with E-state index in [9.17, 15) is 14.4 Å². The second-order valence-corrected chi connectivity index (χ2v) is 5.89. The van der Waals surface area contributed by atoms with Gasteiger partial charge in [0.25, 0.3) is 5.91 Å². The van der Waals surface area contributed by atoms with Crippen molar-refractivity contribution in [3.05, 3.63) is 23.6 Å². The molecule has 0 unspecified atom stereocenters. The summed E-state index contributed by atoms with van der Waals surface area (Å²) in [4.78, 5) is 37.7. The summed E-state index contributed by atoms with van der Waals surface area (Å²) in [5.74, 6) is -1.05. The van der Waals surface area contributed by atoms with E-state index < -0.39 is 11.9 Å². The quantitative estimate of drug-likeness (QED) is 0.761. The van der Waals surface area contributed by atoms with Crippen LogP contribution in [0.1, 0.15) is 12.8 Å². The smallest absolute Gasteiger partial charge is 0.303 e. The molecule has 0 fully saturated rings. The minimum atomic E-state index is -1.02. The Hall–Kier alpha value is -2.94. The Kier molecular flexibility index (Phi) is 4.43. The number of carbonyl (C=O) groups is 3. The summed E-state index contributed by atoms with van der Waals surface area (Å²) in [6, 6.07) is 5.30. The van der Waals surface area contributed by atoms with Crippen molar-refractivity contribution in [2.24, 2.45) is 0 Å². The first-order chi connectivity index (χ1) is 11.5. The van der Waals surface area contributed by atoms with Gasteiger partial charge in [0.05, 0.1) is 17.8 Å². The minimum absolute atomic E-state index is 0.00439. The molecule has 8 nitrogen and oxygen atoms in total. The average molecular weight is 347 g/mol. The summed E-state index contributed by atoms with van der Waals surface area (Å²) < 4.78 is 5.30. The van der Waals surface area contributed by atoms with E-state index >= 15 is 0 Å². The standard InChI is InChI=1S/C15H13N3O5S/c19-12(3-4-14(21)22)18-15-17-10(7-24-15)8-1-2-11-9(5-8)16-13(20)6-23-11/h1-2,5,7H,3-4,6H2,(H,16,20)(H,21,22)(H,17,18,19). The topological polar surface area (TPSA) is 118 Å². The van der Waals surface area contributed by atoms with Crippen LogP contribution in [-0.2, 0) is 14.4 Å². The number of anilines is 2. The summed E-state index contributed by atoms with van der Waals surface area (Å²) in [5.41, 5.74) is 1.97. The molecule has 2 heterocycles. The van der Waals surface area contributed by atoms with Crippen molar-refractivity contribution in [2.75, 3.05) is 17.2 Å². The van der Waals surface area contributed by atoms with E-state index in [4.69, 9.17) is 9.84 Å². The monoisotopic (exact) mass is 347 g/mol. The number of carbonyl (C=O) groups excluding carboxylic acids is 2. The lowest BCUT2D eigenvalue weighted by molar-refractivity contribution is -0.138. The third-order valence-corrected chi connectivity index (χ3v) is 3.98. The SMILES string of the molecule is O=C(O)CCC(=O)Nc1nc(-c2ccc3c(c2)NC(=O)CO3)cs1. The molecule has 0 saturated heterocycles. The van der Waals surface area contributed by atoms with Crippen LogP contribution in [0.2, 0.25) is 0 Å². The van der Waals surface area contributed by atoms with Gasteiger partial charge >= 0.3 is 5.97 Å². The first-order valence-electron chi connectivity index (χ1n) is 7.05. The zero-order valence-electron chi connectivity index (χ0n) is 12.4. The third-order valence-electron chi connectivity index (χ3n) is 3.22. The lowest BCUT2D eigenvalue weighted by Gasteiger charge is -2.18. The van der Waals surface area contributed by atoms with E-state index in [1.165, 1.54) is 11.3 Å². The van der Waals surface area contributed by atoms with Crippen LogP contribution < -0.4 is 15.4 Å². The van der Waals surface area contributed by atoms with Crippen LogP contribution in [0.5, 0.6) is 5.75 Å². The van der Waals surface area contributed by atoms with Gasteiger partial charge in [-0.3, -0.25) is 14.4 Å². The molecule has 2 amide bonds. The fourth-order valence-corrected chi connectivity index (χ4v) is 2.84. The van der Waals surface area contributed by atoms with E-state index in [0.29, 0.717) is 22.3 Å². The molecule has 0 bridgehead atoms. The number of amides is 2. The van der Waals surface area contributed by atoms with Crippen LogP contribution in [0.25, 0.3) is 11.3 Å². The summed E-state index contributed by atoms with van der Waals surface area (Å²) in [7, 11) is 0. The summed E-state index contributed by atoms with van der Waals surface area (Å²) >= 11 is 1.24. The highest BCUT2D eigenvalue weighted by Gasteiger charge is 2.17. The maximum Gasteiger partial charge on any atom is 0.303 e. The summed E-state index contributed by atoms with van der Waals surface area (Å²) in [5, 5.41) is 16.0. The summed E-state index contributed by atoms with van der Waals surface area (Å²) in [6.45, 7) is -0.00439. The van der Waals surface area contributed by atoms with E-state index in [-0.39, 0.29) is 25.4 Å². The Labute approximate surface area is 140 Å². The number of carboxylic acid groups (broad SMARTS) is 1. The highest BCUT2D eigenvalue weighted by Crippen LogP contribution is 2.33. The lowest BCUT2D eigenvalue weighted by atomic mass is 10.1. The van der Waals surface area contributed by atoms with Crippen molar-refractivity contribution in [1.82, 2.24) is 4.98 Å². The summed E-state index contributed by atoms with van der Waals surface area (Å²) in [6.07, 6.45) is -0.332. The number of hydrogen-bond acceptors (Lipinski definition) is 6. The molecule has 0 saturated carbocycles. The third kappa shape index (κ3) is 3.69. The fourth-order valence-electron chi connectivity index (χ4n) is 2.11. The molecule has 2 aromatic rings. The van der Waals surface area contributed by atoms with Crippen LogP contribution in [0.3, 0.4) is 0 Å². The van der Waals surface area contributed by atoms with Crippen molar-refractivity contribution < 1.29 is 24.2 Å². The normalized spacial score (nSPS) is 12.8. The number of aromatic nitrogens is 1. The number of thiazole rings is 1. The molecule has 24 heavy (non-hydrogen) atoms. The van der Waals surface area contributed by atoms with Gasteiger partial charge in [0, 0.05) is 17.4 Å². The van der Waals surface area contributed by atoms with Gasteiger partial charge in [-0.25, -0.2) is 4.98 Å². The molecule has 0 atom stereocenters. The van der Waals surface area contributed by atoms with E-state index in [1.54, 1.807) is 23.6 Å². The van der Waals surface area contributed by atoms with Gasteiger partial charge in [0.1, 0.15) is 5.75 Å². The average Bonchev–Trinajstić information content (AvgIpc) is 3.00. The molecule has 3 N–H and O–H groups in total. The molecule has 3 rings (SSSR count). The Morgan fingerprint density at radius 3 is 3.00 bits per heavy atom. The van der Waals surface area contributed by atoms with Crippen molar-refractivity contribution in [3.63, 3.8) is 0 Å². The molecule has 1 aromatic carbocycles. The van der Waals surface area contributed by atoms with Crippen LogP contribution in [-0.4, -0.2) is 34.5 Å². The Balaban J connectivity index is 1.71. The van der Waals surface area contributed by atoms with Crippen LogP contribution in [0.15, 0.2) is 23.6 Å². The number of nitrogens with zero attached hydrogens (tertiary/aromatic N) is 1. The number of carboxylic acids is 1. The van der Waals surface area contributed by atoms with E-state index in [0.717, 1.165) is 5.56 Å². The Morgan fingerprint density at radius 2 is 2.21 bits per heavy atom. The highest BCUT2D eigenvalue weighted by atomic mass is 32.1. The van der Waals surface area contributed by atoms with Crippen LogP contribution in [0, 0.1) is 0 Å². The van der Waals surface area contributed by atoms with Gasteiger partial charge in [0.15, 0.2) is 11.7 Å². The van der Waals surface area contributed by atoms with Gasteiger partial charge in [-0.05, 0) is 18.2 Å². The zero-order chi connectivity index (χ0) is 17.1. The number of rotatable bonds is 5. The molecule has 124 valence electrons. The number of benzene rings is 1. The molecular weight excluding hydrogens is 334 g/mol. The molecule has 0 spiro atoms. The number of fused-ring (bicyclic) bond motifs is 1. The van der Waals surface area contributed by atoms with Gasteiger partial charge in [-0.2, -0.15) is 0 Å². The first kappa shape index (κ1) is 15.9. The molecule has 1 aliphatic heterocycles. The van der Waals surface area contributed by atoms with Crippen molar-refractivity contribution in [3.8, 4) is 17.0 Å². The van der Waals surface area contributed by atoms with E-state index in [2.05, 4.69) is 15.6 Å². The zero-order valence-corrected chi connectivity index (χ0v) is 13.2. The Morgan fingerprint density at radius 1 is 1.38 bits per heavy atom. The maximum atomic E-state index is 11.6. The van der Waals surface area contributed by atoms with E-state index in [1.807, 2.05) is 0 Å². The number of nitrogens with one attached hydrogen (secondary N) is 2. The van der Waals surface area contributed by atoms with Gasteiger partial charge in [0.2, 0.25) is 5.91 Å². The number of hydrogen-bond donors (Lipinski definition) is 3. The van der Waals surface area contributed by atoms with Gasteiger partial charge in [-0.15, -0.1) is 11.3 Å². The second kappa shape index (κ2) is 6.67. The highest BCUT2D eigenvalue weighted by molar-refractivity contribution is 7.14. The maximum absolute atomic E-state index is 11.6. The van der Waals surface area contributed by atoms with Gasteiger partial charge < -0.3 is 20.5 Å².